The molecule has 0 aliphatic carbocycles. The Hall–Kier alpha value is -3.42. The Bertz CT molecular complexity index is 1300. The molecule has 8 heteroatoms. The van der Waals surface area contributed by atoms with Crippen LogP contribution in [-0.2, 0) is 19.1 Å². The lowest BCUT2D eigenvalue weighted by atomic mass is 9.89. The summed E-state index contributed by atoms with van der Waals surface area (Å²) in [6, 6.07) is 12.9. The predicted molar refractivity (Wildman–Crippen MR) is 139 cm³/mol. The number of fused-ring (bicyclic) bond motifs is 1. The highest BCUT2D eigenvalue weighted by atomic mass is 19.4. The number of nitrogens with zero attached hydrogens (tertiary/aromatic N) is 3. The summed E-state index contributed by atoms with van der Waals surface area (Å²) in [4.78, 5) is 21.9. The van der Waals surface area contributed by atoms with Gasteiger partial charge in [-0.05, 0) is 79.8 Å². The third-order valence-electron chi connectivity index (χ3n) is 7.81. The van der Waals surface area contributed by atoms with Gasteiger partial charge in [0.25, 0.3) is 5.91 Å². The number of rotatable bonds is 4. The van der Waals surface area contributed by atoms with E-state index in [2.05, 4.69) is 17.1 Å². The van der Waals surface area contributed by atoms with Crippen molar-refractivity contribution in [2.24, 2.45) is 0 Å². The number of piperidine rings is 1. The molecule has 0 saturated carbocycles. The number of likely N-dealkylation sites (tertiary alicyclic amines) is 1. The van der Waals surface area contributed by atoms with Crippen LogP contribution in [0.4, 0.5) is 23.2 Å². The average molecular weight is 526 g/mol. The van der Waals surface area contributed by atoms with Crippen LogP contribution in [0.1, 0.15) is 69.9 Å². The van der Waals surface area contributed by atoms with Crippen molar-refractivity contribution in [3.8, 4) is 0 Å². The van der Waals surface area contributed by atoms with Crippen molar-refractivity contribution in [3.63, 3.8) is 0 Å². The summed E-state index contributed by atoms with van der Waals surface area (Å²) in [6.45, 7) is 3.51. The van der Waals surface area contributed by atoms with Crippen molar-refractivity contribution in [1.29, 1.82) is 0 Å². The number of carbonyl (C=O) groups excluding carboxylic acids is 1. The van der Waals surface area contributed by atoms with Gasteiger partial charge in [-0.3, -0.25) is 9.78 Å². The molecule has 0 radical (unpaired) electrons. The van der Waals surface area contributed by atoms with Crippen molar-refractivity contribution in [2.45, 2.75) is 57.7 Å². The zero-order valence-corrected chi connectivity index (χ0v) is 21.4. The van der Waals surface area contributed by atoms with Gasteiger partial charge in [0.2, 0.25) is 0 Å². The third-order valence-corrected chi connectivity index (χ3v) is 7.81. The fourth-order valence-electron chi connectivity index (χ4n) is 5.81. The monoisotopic (exact) mass is 525 g/mol. The minimum atomic E-state index is -4.59. The van der Waals surface area contributed by atoms with Gasteiger partial charge in [-0.1, -0.05) is 30.3 Å². The van der Waals surface area contributed by atoms with Gasteiger partial charge in [0.05, 0.1) is 22.5 Å². The largest absolute Gasteiger partial charge is 0.416 e. The second-order valence-electron chi connectivity index (χ2n) is 10.2. The molecule has 1 fully saturated rings. The van der Waals surface area contributed by atoms with Crippen LogP contribution in [0.15, 0.2) is 54.7 Å². The van der Waals surface area contributed by atoms with E-state index < -0.39 is 17.6 Å². The molecule has 0 atom stereocenters. The van der Waals surface area contributed by atoms with Crippen LogP contribution < -0.4 is 4.90 Å². The van der Waals surface area contributed by atoms with Gasteiger partial charge >= 0.3 is 6.18 Å². The van der Waals surface area contributed by atoms with Gasteiger partial charge in [0.15, 0.2) is 0 Å². The molecule has 200 valence electrons. The van der Waals surface area contributed by atoms with E-state index in [0.717, 1.165) is 55.1 Å². The zero-order valence-electron chi connectivity index (χ0n) is 21.4. The van der Waals surface area contributed by atoms with Crippen molar-refractivity contribution >= 4 is 11.6 Å². The second-order valence-corrected chi connectivity index (χ2v) is 10.2. The molecule has 1 aromatic heterocycles. The number of hydrogen-bond donors (Lipinski definition) is 0. The number of aryl methyl sites for hydroxylation is 1. The van der Waals surface area contributed by atoms with Crippen LogP contribution in [0.5, 0.6) is 0 Å². The first-order valence-corrected chi connectivity index (χ1v) is 13.2. The maximum absolute atomic E-state index is 14.0. The SMILES string of the molecule is Cc1c(C(=O)N2CCC(c3ccccc3)CC2)cnc2c1N(Cc1cc(F)ccc1C(F)(F)F)CCCC2. The van der Waals surface area contributed by atoms with E-state index in [1.807, 2.05) is 34.9 Å². The number of amides is 1. The number of alkyl halides is 3. The lowest BCUT2D eigenvalue weighted by molar-refractivity contribution is -0.138. The van der Waals surface area contributed by atoms with Crippen LogP contribution >= 0.6 is 0 Å². The fourth-order valence-corrected chi connectivity index (χ4v) is 5.81. The molecule has 38 heavy (non-hydrogen) atoms. The number of aromatic nitrogens is 1. The van der Waals surface area contributed by atoms with Crippen LogP contribution in [0.25, 0.3) is 0 Å². The molecule has 2 aliphatic rings. The van der Waals surface area contributed by atoms with E-state index in [1.54, 1.807) is 6.20 Å². The normalized spacial score (nSPS) is 16.8. The standard InChI is InChI=1S/C30H31F4N3O/c1-20-25(29(38)36-15-12-22(13-16-36)21-7-3-2-4-8-21)18-35-27-9-5-6-14-37(28(20)27)19-23-17-24(31)10-11-26(23)30(32,33)34/h2-4,7-8,10-11,17-18,22H,5-6,9,12-16,19H2,1H3. The van der Waals surface area contributed by atoms with Crippen LogP contribution in [0, 0.1) is 12.7 Å². The number of carbonyl (C=O) groups is 1. The van der Waals surface area contributed by atoms with Crippen molar-refractivity contribution in [1.82, 2.24) is 9.88 Å². The maximum Gasteiger partial charge on any atom is 0.416 e. The highest BCUT2D eigenvalue weighted by molar-refractivity contribution is 5.97. The van der Waals surface area contributed by atoms with E-state index in [0.29, 0.717) is 43.2 Å². The highest BCUT2D eigenvalue weighted by Crippen LogP contribution is 2.37. The highest BCUT2D eigenvalue weighted by Gasteiger charge is 2.35. The van der Waals surface area contributed by atoms with Gasteiger partial charge in [-0.25, -0.2) is 4.39 Å². The van der Waals surface area contributed by atoms with Gasteiger partial charge < -0.3 is 9.80 Å². The Labute approximate surface area is 220 Å². The molecule has 0 N–H and O–H groups in total. The molecule has 3 heterocycles. The van der Waals surface area contributed by atoms with E-state index in [9.17, 15) is 22.4 Å². The predicted octanol–water partition coefficient (Wildman–Crippen LogP) is 6.91. The van der Waals surface area contributed by atoms with E-state index in [1.165, 1.54) is 5.56 Å². The molecule has 2 aliphatic heterocycles. The molecule has 5 rings (SSSR count). The third kappa shape index (κ3) is 5.40. The zero-order chi connectivity index (χ0) is 26.9. The molecule has 1 saturated heterocycles. The molecule has 0 bridgehead atoms. The van der Waals surface area contributed by atoms with Gasteiger partial charge in [-0.15, -0.1) is 0 Å². The van der Waals surface area contributed by atoms with Gasteiger partial charge in [-0.2, -0.15) is 13.2 Å². The number of halogens is 4. The molecule has 4 nitrogen and oxygen atoms in total. The van der Waals surface area contributed by atoms with E-state index >= 15 is 0 Å². The number of anilines is 1. The van der Waals surface area contributed by atoms with Crippen LogP contribution in [0.2, 0.25) is 0 Å². The number of pyridine rings is 1. The Morgan fingerprint density at radius 1 is 1.03 bits per heavy atom. The Kier molecular flexibility index (Phi) is 7.41. The summed E-state index contributed by atoms with van der Waals surface area (Å²) in [7, 11) is 0. The summed E-state index contributed by atoms with van der Waals surface area (Å²) >= 11 is 0. The minimum absolute atomic E-state index is 0.102. The lowest BCUT2D eigenvalue weighted by Gasteiger charge is -2.33. The first-order valence-electron chi connectivity index (χ1n) is 13.2. The molecular weight excluding hydrogens is 494 g/mol. The molecule has 3 aromatic rings. The minimum Gasteiger partial charge on any atom is -0.365 e. The quantitative estimate of drug-likeness (QED) is 0.347. The average Bonchev–Trinajstić information content (AvgIpc) is 3.11. The topological polar surface area (TPSA) is 36.4 Å². The maximum atomic E-state index is 14.0. The summed E-state index contributed by atoms with van der Waals surface area (Å²) < 4.78 is 55.1. The first-order chi connectivity index (χ1) is 18.2. The fraction of sp³-hybridized carbons (Fsp3) is 0.400. The van der Waals surface area contributed by atoms with Crippen molar-refractivity contribution < 1.29 is 22.4 Å². The summed E-state index contributed by atoms with van der Waals surface area (Å²) in [5, 5.41) is 0. The Balaban J connectivity index is 1.41. The Morgan fingerprint density at radius 3 is 2.47 bits per heavy atom. The van der Waals surface area contributed by atoms with Gasteiger partial charge in [0, 0.05) is 32.4 Å². The number of benzene rings is 2. The summed E-state index contributed by atoms with van der Waals surface area (Å²) in [5.74, 6) is -0.396. The lowest BCUT2D eigenvalue weighted by Crippen LogP contribution is -2.38. The summed E-state index contributed by atoms with van der Waals surface area (Å²) in [6.07, 6.45) is 1.06. The summed E-state index contributed by atoms with van der Waals surface area (Å²) in [5.41, 5.74) is 2.98. The van der Waals surface area contributed by atoms with Crippen molar-refractivity contribution in [3.05, 3.63) is 94.1 Å². The second kappa shape index (κ2) is 10.8. The van der Waals surface area contributed by atoms with Crippen LogP contribution in [-0.4, -0.2) is 35.4 Å². The van der Waals surface area contributed by atoms with Gasteiger partial charge in [0.1, 0.15) is 5.82 Å². The molecule has 1 amide bonds. The molecular formula is C30H31F4N3O. The molecule has 0 unspecified atom stereocenters. The Morgan fingerprint density at radius 2 is 1.76 bits per heavy atom. The molecule has 2 aromatic carbocycles. The number of hydrogen-bond acceptors (Lipinski definition) is 3. The van der Waals surface area contributed by atoms with E-state index in [-0.39, 0.29) is 18.0 Å². The van der Waals surface area contributed by atoms with E-state index in [4.69, 9.17) is 0 Å². The van der Waals surface area contributed by atoms with Crippen molar-refractivity contribution in [2.75, 3.05) is 24.5 Å². The molecule has 0 spiro atoms. The smallest absolute Gasteiger partial charge is 0.365 e. The van der Waals surface area contributed by atoms with Crippen LogP contribution in [0.3, 0.4) is 0 Å². The first kappa shape index (κ1) is 26.2.